The Labute approximate surface area is 326 Å². The Hall–Kier alpha value is -1.13. The minimum atomic E-state index is -0.858. The lowest BCUT2D eigenvalue weighted by atomic mass is 10.0. The predicted molar refractivity (Wildman–Crippen MR) is 230 cm³/mol. The van der Waals surface area contributed by atoms with Crippen LogP contribution in [-0.2, 0) is 4.79 Å². The first-order valence-electron chi connectivity index (χ1n) is 23.6. The van der Waals surface area contributed by atoms with Gasteiger partial charge in [0.05, 0.1) is 18.8 Å². The molecular weight excluding hydrogens is 639 g/mol. The van der Waals surface area contributed by atoms with E-state index in [1.165, 1.54) is 205 Å². The molecule has 0 saturated heterocycles. The van der Waals surface area contributed by atoms with Crippen LogP contribution in [0.5, 0.6) is 0 Å². The van der Waals surface area contributed by atoms with Gasteiger partial charge in [-0.3, -0.25) is 4.79 Å². The van der Waals surface area contributed by atoms with Gasteiger partial charge in [-0.05, 0) is 32.1 Å². The van der Waals surface area contributed by atoms with Gasteiger partial charge in [0.2, 0.25) is 5.91 Å². The van der Waals surface area contributed by atoms with Gasteiger partial charge >= 0.3 is 0 Å². The van der Waals surface area contributed by atoms with Gasteiger partial charge in [-0.2, -0.15) is 0 Å². The molecule has 0 aliphatic carbocycles. The molecule has 2 unspecified atom stereocenters. The molecule has 0 heterocycles. The number of carbonyl (C=O) groups is 1. The Kier molecular flexibility index (Phi) is 43.3. The van der Waals surface area contributed by atoms with Crippen LogP contribution in [-0.4, -0.2) is 34.9 Å². The summed E-state index contributed by atoms with van der Waals surface area (Å²) < 4.78 is 0. The lowest BCUT2D eigenvalue weighted by Gasteiger charge is -2.19. The van der Waals surface area contributed by atoms with E-state index in [2.05, 4.69) is 31.3 Å². The molecule has 0 aliphatic heterocycles. The fraction of sp³-hybridized carbons (Fsp3) is 0.896. The second-order valence-electron chi connectivity index (χ2n) is 16.2. The second-order valence-corrected chi connectivity index (χ2v) is 16.2. The maximum absolute atomic E-state index is 12.4. The highest BCUT2D eigenvalue weighted by Gasteiger charge is 2.17. The van der Waals surface area contributed by atoms with Gasteiger partial charge in [0.15, 0.2) is 0 Å². The van der Waals surface area contributed by atoms with Crippen LogP contribution < -0.4 is 5.32 Å². The maximum atomic E-state index is 12.4. The Balaban J connectivity index is 3.55. The molecule has 0 aromatic heterocycles. The van der Waals surface area contributed by atoms with Gasteiger partial charge < -0.3 is 15.5 Å². The summed E-state index contributed by atoms with van der Waals surface area (Å²) in [6.07, 6.45) is 57.3. The summed E-state index contributed by atoms with van der Waals surface area (Å²) >= 11 is 0. The molecule has 0 radical (unpaired) electrons. The molecule has 1 amide bonds. The van der Waals surface area contributed by atoms with Crippen molar-refractivity contribution in [3.63, 3.8) is 0 Å². The van der Waals surface area contributed by atoms with E-state index in [1.807, 2.05) is 6.08 Å². The fourth-order valence-electron chi connectivity index (χ4n) is 7.31. The zero-order chi connectivity index (χ0) is 37.8. The van der Waals surface area contributed by atoms with Crippen LogP contribution in [0.25, 0.3) is 0 Å². The molecule has 0 aromatic rings. The summed E-state index contributed by atoms with van der Waals surface area (Å²) in [5, 5.41) is 23.0. The lowest BCUT2D eigenvalue weighted by Crippen LogP contribution is -2.45. The molecule has 4 nitrogen and oxygen atoms in total. The largest absolute Gasteiger partial charge is 0.394 e. The third kappa shape index (κ3) is 40.1. The van der Waals surface area contributed by atoms with E-state index in [0.29, 0.717) is 6.42 Å². The van der Waals surface area contributed by atoms with Gasteiger partial charge in [-0.15, -0.1) is 0 Å². The monoisotopic (exact) mass is 732 g/mol. The molecule has 0 spiro atoms. The van der Waals surface area contributed by atoms with Crippen molar-refractivity contribution in [2.75, 3.05) is 6.61 Å². The van der Waals surface area contributed by atoms with Crippen molar-refractivity contribution < 1.29 is 15.0 Å². The molecule has 52 heavy (non-hydrogen) atoms. The lowest BCUT2D eigenvalue weighted by molar-refractivity contribution is -0.123. The van der Waals surface area contributed by atoms with Crippen molar-refractivity contribution in [3.8, 4) is 0 Å². The molecule has 0 bridgehead atoms. The number of aliphatic hydroxyl groups is 2. The molecule has 3 N–H and O–H groups in total. The molecule has 4 heteroatoms. The Morgan fingerprint density at radius 3 is 1.12 bits per heavy atom. The molecular formula is C48H93NO3. The molecule has 308 valence electrons. The number of unbranched alkanes of at least 4 members (excludes halogenated alkanes) is 34. The second kappa shape index (κ2) is 44.3. The molecule has 0 aliphatic rings. The molecule has 0 saturated carbocycles. The molecule has 2 atom stereocenters. The summed E-state index contributed by atoms with van der Waals surface area (Å²) in [5.74, 6) is -0.0691. The number of carbonyl (C=O) groups excluding carboxylic acids is 1. The number of rotatable bonds is 43. The zero-order valence-corrected chi connectivity index (χ0v) is 35.3. The van der Waals surface area contributed by atoms with Crippen molar-refractivity contribution in [1.29, 1.82) is 0 Å². The van der Waals surface area contributed by atoms with E-state index in [0.717, 1.165) is 32.1 Å². The first-order chi connectivity index (χ1) is 25.7. The Bertz CT molecular complexity index is 750. The topological polar surface area (TPSA) is 69.6 Å². The van der Waals surface area contributed by atoms with Gasteiger partial charge in [-0.1, -0.05) is 244 Å². The van der Waals surface area contributed by atoms with E-state index in [1.54, 1.807) is 6.08 Å². The molecule has 0 rings (SSSR count). The average molecular weight is 732 g/mol. The normalized spacial score (nSPS) is 13.1. The highest BCUT2D eigenvalue weighted by molar-refractivity contribution is 5.76. The smallest absolute Gasteiger partial charge is 0.220 e. The van der Waals surface area contributed by atoms with Crippen LogP contribution in [0.4, 0.5) is 0 Å². The summed E-state index contributed by atoms with van der Waals surface area (Å²) in [6.45, 7) is 4.32. The SMILES string of the molecule is CCCCCCCCCCCCCCC/C=C/CC/C=C/C(O)C(CO)NC(=O)CCCCCCCCCCCCCCCCCCCCCCC. The van der Waals surface area contributed by atoms with Crippen molar-refractivity contribution in [3.05, 3.63) is 24.3 Å². The summed E-state index contributed by atoms with van der Waals surface area (Å²) in [4.78, 5) is 12.4. The number of aliphatic hydroxyl groups excluding tert-OH is 2. The van der Waals surface area contributed by atoms with E-state index in [4.69, 9.17) is 0 Å². The molecule has 0 fully saturated rings. The number of hydrogen-bond acceptors (Lipinski definition) is 3. The highest BCUT2D eigenvalue weighted by atomic mass is 16.3. The van der Waals surface area contributed by atoms with Crippen LogP contribution in [0.2, 0.25) is 0 Å². The van der Waals surface area contributed by atoms with Gasteiger partial charge in [-0.25, -0.2) is 0 Å². The van der Waals surface area contributed by atoms with E-state index >= 15 is 0 Å². The standard InChI is InChI=1S/C48H93NO3/c1-3-5-7-9-11-13-15-17-19-21-23-24-26-28-30-32-34-36-38-40-42-44-48(52)49-46(45-50)47(51)43-41-39-37-35-33-31-29-27-25-22-20-18-16-14-12-10-8-6-4-2/h33,35,41,43,46-47,50-51H,3-32,34,36-40,42,44-45H2,1-2H3,(H,49,52)/b35-33+,43-41+. The summed E-state index contributed by atoms with van der Waals surface area (Å²) in [5.41, 5.74) is 0. The Morgan fingerprint density at radius 2 is 0.750 bits per heavy atom. The third-order valence-electron chi connectivity index (χ3n) is 10.9. The minimum Gasteiger partial charge on any atom is -0.394 e. The number of nitrogens with one attached hydrogen (secondary N) is 1. The quantitative estimate of drug-likeness (QED) is 0.0432. The first kappa shape index (κ1) is 50.9. The van der Waals surface area contributed by atoms with Crippen LogP contribution >= 0.6 is 0 Å². The number of allylic oxidation sites excluding steroid dienone is 3. The fourth-order valence-corrected chi connectivity index (χ4v) is 7.31. The number of amides is 1. The van der Waals surface area contributed by atoms with E-state index in [-0.39, 0.29) is 12.5 Å². The van der Waals surface area contributed by atoms with Crippen LogP contribution in [0, 0.1) is 0 Å². The zero-order valence-electron chi connectivity index (χ0n) is 35.3. The first-order valence-corrected chi connectivity index (χ1v) is 23.6. The predicted octanol–water partition coefficient (Wildman–Crippen LogP) is 14.8. The van der Waals surface area contributed by atoms with Crippen LogP contribution in [0.15, 0.2) is 24.3 Å². The van der Waals surface area contributed by atoms with Crippen molar-refractivity contribution in [2.45, 2.75) is 270 Å². The maximum Gasteiger partial charge on any atom is 0.220 e. The third-order valence-corrected chi connectivity index (χ3v) is 10.9. The average Bonchev–Trinajstić information content (AvgIpc) is 3.15. The van der Waals surface area contributed by atoms with Crippen molar-refractivity contribution >= 4 is 5.91 Å². The van der Waals surface area contributed by atoms with Gasteiger partial charge in [0, 0.05) is 6.42 Å². The van der Waals surface area contributed by atoms with Gasteiger partial charge in [0.25, 0.3) is 0 Å². The van der Waals surface area contributed by atoms with Crippen molar-refractivity contribution in [1.82, 2.24) is 5.32 Å². The summed E-state index contributed by atoms with van der Waals surface area (Å²) in [7, 11) is 0. The van der Waals surface area contributed by atoms with E-state index in [9.17, 15) is 15.0 Å². The van der Waals surface area contributed by atoms with Crippen LogP contribution in [0.3, 0.4) is 0 Å². The summed E-state index contributed by atoms with van der Waals surface area (Å²) in [6, 6.07) is -0.634. The minimum absolute atomic E-state index is 0.0691. The van der Waals surface area contributed by atoms with Crippen molar-refractivity contribution in [2.24, 2.45) is 0 Å². The Morgan fingerprint density at radius 1 is 0.442 bits per heavy atom. The van der Waals surface area contributed by atoms with Gasteiger partial charge in [0.1, 0.15) is 0 Å². The number of hydrogen-bond donors (Lipinski definition) is 3. The van der Waals surface area contributed by atoms with E-state index < -0.39 is 12.1 Å². The molecule has 0 aromatic carbocycles. The highest BCUT2D eigenvalue weighted by Crippen LogP contribution is 2.16. The van der Waals surface area contributed by atoms with Crippen LogP contribution in [0.1, 0.15) is 258 Å².